The lowest BCUT2D eigenvalue weighted by molar-refractivity contribution is 0.258. The molecule has 0 bridgehead atoms. The van der Waals surface area contributed by atoms with E-state index in [0.717, 1.165) is 11.2 Å². The first kappa shape index (κ1) is 13.7. The molecule has 2 nitrogen and oxygen atoms in total. The second kappa shape index (κ2) is 7.65. The Morgan fingerprint density at radius 3 is 3.12 bits per heavy atom. The number of rotatable bonds is 5. The maximum absolute atomic E-state index is 3.52. The minimum Gasteiger partial charge on any atom is -0.316 e. The Morgan fingerprint density at radius 1 is 1.41 bits per heavy atom. The Labute approximate surface area is 111 Å². The maximum atomic E-state index is 3.52. The van der Waals surface area contributed by atoms with E-state index >= 15 is 0 Å². The number of piperidine rings is 1. The van der Waals surface area contributed by atoms with E-state index in [2.05, 4.69) is 28.9 Å². The SMILES string of the molecule is CCC1CN(CCCC2CCCNC2)CCS1. The zero-order valence-corrected chi connectivity index (χ0v) is 12.1. The molecule has 1 N–H and O–H groups in total. The van der Waals surface area contributed by atoms with Gasteiger partial charge in [-0.05, 0) is 57.7 Å². The average molecular weight is 256 g/mol. The van der Waals surface area contributed by atoms with E-state index in [0.29, 0.717) is 0 Å². The molecule has 2 saturated heterocycles. The normalized spacial score (nSPS) is 31.6. The first-order valence-corrected chi connectivity index (χ1v) is 8.48. The molecule has 0 spiro atoms. The van der Waals surface area contributed by atoms with Crippen LogP contribution in [0, 0.1) is 5.92 Å². The van der Waals surface area contributed by atoms with Gasteiger partial charge in [-0.25, -0.2) is 0 Å². The fourth-order valence-electron chi connectivity index (χ4n) is 3.00. The Bertz CT molecular complexity index is 204. The summed E-state index contributed by atoms with van der Waals surface area (Å²) in [6.07, 6.45) is 7.04. The Hall–Kier alpha value is 0.270. The first-order valence-electron chi connectivity index (χ1n) is 7.43. The van der Waals surface area contributed by atoms with E-state index < -0.39 is 0 Å². The predicted octanol–water partition coefficient (Wildman–Crippen LogP) is 2.59. The van der Waals surface area contributed by atoms with E-state index in [4.69, 9.17) is 0 Å². The van der Waals surface area contributed by atoms with E-state index in [1.807, 2.05) is 0 Å². The number of thioether (sulfide) groups is 1. The van der Waals surface area contributed by atoms with E-state index in [-0.39, 0.29) is 0 Å². The van der Waals surface area contributed by atoms with Gasteiger partial charge in [0, 0.05) is 24.1 Å². The van der Waals surface area contributed by atoms with Gasteiger partial charge < -0.3 is 10.2 Å². The summed E-state index contributed by atoms with van der Waals surface area (Å²) in [6, 6.07) is 0. The monoisotopic (exact) mass is 256 g/mol. The van der Waals surface area contributed by atoms with Crippen LogP contribution in [-0.4, -0.2) is 48.6 Å². The fourth-order valence-corrected chi connectivity index (χ4v) is 4.25. The highest BCUT2D eigenvalue weighted by Gasteiger charge is 2.19. The van der Waals surface area contributed by atoms with Gasteiger partial charge >= 0.3 is 0 Å². The molecule has 2 fully saturated rings. The fraction of sp³-hybridized carbons (Fsp3) is 1.00. The molecule has 0 saturated carbocycles. The molecule has 17 heavy (non-hydrogen) atoms. The quantitative estimate of drug-likeness (QED) is 0.814. The van der Waals surface area contributed by atoms with Crippen LogP contribution in [0.2, 0.25) is 0 Å². The summed E-state index contributed by atoms with van der Waals surface area (Å²) in [7, 11) is 0. The largest absolute Gasteiger partial charge is 0.316 e. The zero-order chi connectivity index (χ0) is 11.9. The molecule has 0 aromatic carbocycles. The van der Waals surface area contributed by atoms with E-state index in [1.54, 1.807) is 0 Å². The standard InChI is InChI=1S/C14H28N2S/c1-2-14-12-16(9-10-17-14)8-4-6-13-5-3-7-15-11-13/h13-15H,2-12H2,1H3. The van der Waals surface area contributed by atoms with Gasteiger partial charge in [-0.15, -0.1) is 0 Å². The molecule has 2 rings (SSSR count). The van der Waals surface area contributed by atoms with Gasteiger partial charge in [0.1, 0.15) is 0 Å². The molecule has 0 aliphatic carbocycles. The van der Waals surface area contributed by atoms with E-state index in [1.165, 1.54) is 70.6 Å². The summed E-state index contributed by atoms with van der Waals surface area (Å²) in [5.74, 6) is 2.31. The van der Waals surface area contributed by atoms with Crippen molar-refractivity contribution < 1.29 is 0 Å². The molecule has 2 heterocycles. The van der Waals surface area contributed by atoms with Crippen LogP contribution < -0.4 is 5.32 Å². The van der Waals surface area contributed by atoms with Crippen LogP contribution in [0.15, 0.2) is 0 Å². The number of nitrogens with one attached hydrogen (secondary N) is 1. The van der Waals surface area contributed by atoms with Crippen molar-refractivity contribution in [1.82, 2.24) is 10.2 Å². The Balaban J connectivity index is 1.57. The van der Waals surface area contributed by atoms with Crippen molar-refractivity contribution in [2.45, 2.75) is 44.3 Å². The van der Waals surface area contributed by atoms with Crippen LogP contribution in [0.4, 0.5) is 0 Å². The van der Waals surface area contributed by atoms with Crippen molar-refractivity contribution >= 4 is 11.8 Å². The molecule has 100 valence electrons. The maximum Gasteiger partial charge on any atom is 0.0172 e. The van der Waals surface area contributed by atoms with Crippen LogP contribution in [0.3, 0.4) is 0 Å². The molecule has 2 aliphatic heterocycles. The third-order valence-electron chi connectivity index (χ3n) is 4.16. The molecule has 2 unspecified atom stereocenters. The second-order valence-corrected chi connectivity index (χ2v) is 6.96. The summed E-state index contributed by atoms with van der Waals surface area (Å²) in [5, 5.41) is 4.43. The first-order chi connectivity index (χ1) is 8.38. The minimum atomic E-state index is 0.903. The summed E-state index contributed by atoms with van der Waals surface area (Å²) >= 11 is 2.18. The van der Waals surface area contributed by atoms with Crippen molar-refractivity contribution in [1.29, 1.82) is 0 Å². The highest BCUT2D eigenvalue weighted by atomic mass is 32.2. The second-order valence-electron chi connectivity index (χ2n) is 5.56. The lowest BCUT2D eigenvalue weighted by atomic mass is 9.94. The average Bonchev–Trinajstić information content (AvgIpc) is 2.40. The number of hydrogen-bond donors (Lipinski definition) is 1. The number of hydrogen-bond acceptors (Lipinski definition) is 3. The molecule has 0 aromatic heterocycles. The van der Waals surface area contributed by atoms with Crippen LogP contribution in [-0.2, 0) is 0 Å². The predicted molar refractivity (Wildman–Crippen MR) is 77.8 cm³/mol. The van der Waals surface area contributed by atoms with Gasteiger partial charge in [0.05, 0.1) is 0 Å². The molecule has 2 aliphatic rings. The Morgan fingerprint density at radius 2 is 2.35 bits per heavy atom. The minimum absolute atomic E-state index is 0.903. The van der Waals surface area contributed by atoms with Crippen molar-refractivity contribution in [3.8, 4) is 0 Å². The van der Waals surface area contributed by atoms with Gasteiger partial charge in [-0.3, -0.25) is 0 Å². The summed E-state index contributed by atoms with van der Waals surface area (Å²) in [6.45, 7) is 8.85. The van der Waals surface area contributed by atoms with Crippen molar-refractivity contribution in [2.75, 3.05) is 38.5 Å². The topological polar surface area (TPSA) is 15.3 Å². The molecule has 0 aromatic rings. The highest BCUT2D eigenvalue weighted by molar-refractivity contribution is 8.00. The molecule has 3 heteroatoms. The highest BCUT2D eigenvalue weighted by Crippen LogP contribution is 2.22. The zero-order valence-electron chi connectivity index (χ0n) is 11.3. The van der Waals surface area contributed by atoms with Crippen molar-refractivity contribution in [3.05, 3.63) is 0 Å². The van der Waals surface area contributed by atoms with Crippen molar-refractivity contribution in [3.63, 3.8) is 0 Å². The van der Waals surface area contributed by atoms with Gasteiger partial charge in [0.15, 0.2) is 0 Å². The van der Waals surface area contributed by atoms with Crippen LogP contribution >= 0.6 is 11.8 Å². The van der Waals surface area contributed by atoms with Gasteiger partial charge in [-0.2, -0.15) is 11.8 Å². The van der Waals surface area contributed by atoms with E-state index in [9.17, 15) is 0 Å². The van der Waals surface area contributed by atoms with Crippen LogP contribution in [0.25, 0.3) is 0 Å². The van der Waals surface area contributed by atoms with Gasteiger partial charge in [0.2, 0.25) is 0 Å². The molecule has 0 radical (unpaired) electrons. The summed E-state index contributed by atoms with van der Waals surface area (Å²) in [4.78, 5) is 2.70. The molecular weight excluding hydrogens is 228 g/mol. The Kier molecular flexibility index (Phi) is 6.16. The lowest BCUT2D eigenvalue weighted by Gasteiger charge is -2.32. The molecular formula is C14H28N2S. The molecule has 2 atom stereocenters. The summed E-state index contributed by atoms with van der Waals surface area (Å²) in [5.41, 5.74) is 0. The molecule has 0 amide bonds. The number of nitrogens with zero attached hydrogens (tertiary/aromatic N) is 1. The van der Waals surface area contributed by atoms with Crippen LogP contribution in [0.1, 0.15) is 39.0 Å². The lowest BCUT2D eigenvalue weighted by Crippen LogP contribution is -2.38. The van der Waals surface area contributed by atoms with Gasteiger partial charge in [-0.1, -0.05) is 6.92 Å². The van der Waals surface area contributed by atoms with Gasteiger partial charge in [0.25, 0.3) is 0 Å². The third-order valence-corrected chi connectivity index (χ3v) is 5.54. The van der Waals surface area contributed by atoms with Crippen LogP contribution in [0.5, 0.6) is 0 Å². The van der Waals surface area contributed by atoms with Crippen molar-refractivity contribution in [2.24, 2.45) is 5.92 Å². The summed E-state index contributed by atoms with van der Waals surface area (Å²) < 4.78 is 0. The third kappa shape index (κ3) is 4.80. The smallest absolute Gasteiger partial charge is 0.0172 e.